The van der Waals surface area contributed by atoms with Crippen LogP contribution in [0.5, 0.6) is 5.75 Å². The fourth-order valence-corrected chi connectivity index (χ4v) is 4.76. The monoisotopic (exact) mass is 490 g/mol. The molecule has 2 amide bonds. The fourth-order valence-electron chi connectivity index (χ4n) is 3.72. The zero-order chi connectivity index (χ0) is 25.1. The molecule has 0 bridgehead atoms. The lowest BCUT2D eigenvalue weighted by atomic mass is 10.1. The van der Waals surface area contributed by atoms with Gasteiger partial charge in [0.25, 0.3) is 17.4 Å². The lowest BCUT2D eigenvalue weighted by Gasteiger charge is -2.11. The Hall–Kier alpha value is -3.98. The largest absolute Gasteiger partial charge is 0.497 e. The number of aryl methyl sites for hydroxylation is 2. The Labute approximate surface area is 206 Å². The van der Waals surface area contributed by atoms with Crippen LogP contribution >= 0.6 is 11.3 Å². The number of benzene rings is 2. The van der Waals surface area contributed by atoms with E-state index in [0.29, 0.717) is 34.2 Å². The number of fused-ring (bicyclic) bond motifs is 1. The first kappa shape index (κ1) is 24.2. The van der Waals surface area contributed by atoms with Gasteiger partial charge in [-0.25, -0.2) is 9.38 Å². The Balaban J connectivity index is 1.82. The second-order valence-electron chi connectivity index (χ2n) is 8.12. The van der Waals surface area contributed by atoms with Gasteiger partial charge in [-0.05, 0) is 49.6 Å². The molecule has 35 heavy (non-hydrogen) atoms. The summed E-state index contributed by atoms with van der Waals surface area (Å²) < 4.78 is 6.43. The topological polar surface area (TPSA) is 102 Å². The highest BCUT2D eigenvalue weighted by molar-refractivity contribution is 7.19. The zero-order valence-electron chi connectivity index (χ0n) is 20.0. The lowest BCUT2D eigenvalue weighted by molar-refractivity contribution is 0.0989. The molecule has 2 heterocycles. The lowest BCUT2D eigenvalue weighted by Crippen LogP contribution is -2.25. The van der Waals surface area contributed by atoms with Gasteiger partial charge in [-0.3, -0.25) is 14.4 Å². The third-order valence-corrected chi connectivity index (χ3v) is 6.72. The first-order chi connectivity index (χ1) is 16.8. The van der Waals surface area contributed by atoms with Crippen LogP contribution in [-0.2, 0) is 6.42 Å². The summed E-state index contributed by atoms with van der Waals surface area (Å²) in [6, 6.07) is 13.9. The Morgan fingerprint density at radius 2 is 1.83 bits per heavy atom. The first-order valence-electron chi connectivity index (χ1n) is 11.2. The summed E-state index contributed by atoms with van der Waals surface area (Å²) in [5.41, 5.74) is 3.21. The minimum absolute atomic E-state index is 0.0591. The quantitative estimate of drug-likeness (QED) is 0.386. The van der Waals surface area contributed by atoms with E-state index in [9.17, 15) is 14.4 Å². The molecule has 4 rings (SSSR count). The molecule has 0 unspecified atom stereocenters. The number of thiazole rings is 1. The summed E-state index contributed by atoms with van der Waals surface area (Å²) in [5, 5.41) is 5.67. The number of aromatic nitrogens is 2. The second kappa shape index (κ2) is 10.1. The molecule has 0 atom stereocenters. The first-order valence-corrected chi connectivity index (χ1v) is 12.0. The van der Waals surface area contributed by atoms with Crippen molar-refractivity contribution in [2.75, 3.05) is 17.7 Å². The van der Waals surface area contributed by atoms with E-state index < -0.39 is 17.4 Å². The summed E-state index contributed by atoms with van der Waals surface area (Å²) in [4.78, 5) is 44.8. The number of carbonyl (C=O) groups is 2. The van der Waals surface area contributed by atoms with E-state index in [1.807, 2.05) is 32.9 Å². The number of nitrogens with zero attached hydrogens (tertiary/aromatic N) is 2. The van der Waals surface area contributed by atoms with E-state index in [-0.39, 0.29) is 10.6 Å². The molecule has 9 heteroatoms. The van der Waals surface area contributed by atoms with Crippen molar-refractivity contribution in [1.82, 2.24) is 9.38 Å². The third kappa shape index (κ3) is 4.95. The minimum Gasteiger partial charge on any atom is -0.497 e. The van der Waals surface area contributed by atoms with E-state index in [4.69, 9.17) is 4.74 Å². The highest BCUT2D eigenvalue weighted by atomic mass is 32.1. The Bertz CT molecular complexity index is 1490. The van der Waals surface area contributed by atoms with Crippen LogP contribution in [0.25, 0.3) is 4.96 Å². The van der Waals surface area contributed by atoms with E-state index in [2.05, 4.69) is 15.6 Å². The van der Waals surface area contributed by atoms with Crippen LogP contribution in [0.15, 0.2) is 53.3 Å². The van der Waals surface area contributed by atoms with Crippen molar-refractivity contribution in [2.24, 2.45) is 0 Å². The van der Waals surface area contributed by atoms with Crippen LogP contribution < -0.4 is 20.9 Å². The zero-order valence-corrected chi connectivity index (χ0v) is 20.8. The van der Waals surface area contributed by atoms with Crippen molar-refractivity contribution >= 4 is 39.5 Å². The number of rotatable bonds is 7. The Morgan fingerprint density at radius 3 is 2.57 bits per heavy atom. The van der Waals surface area contributed by atoms with Crippen molar-refractivity contribution in [2.45, 2.75) is 33.6 Å². The van der Waals surface area contributed by atoms with E-state index >= 15 is 0 Å². The van der Waals surface area contributed by atoms with Gasteiger partial charge >= 0.3 is 0 Å². The summed E-state index contributed by atoms with van der Waals surface area (Å²) in [7, 11) is 1.53. The molecular formula is C26H26N4O4S. The number of anilines is 2. The van der Waals surface area contributed by atoms with Crippen LogP contribution in [0.2, 0.25) is 0 Å². The van der Waals surface area contributed by atoms with Crippen molar-refractivity contribution in [3.63, 3.8) is 0 Å². The minimum atomic E-state index is -0.595. The number of hydrogen-bond acceptors (Lipinski definition) is 6. The molecule has 0 saturated heterocycles. The van der Waals surface area contributed by atoms with Crippen molar-refractivity contribution in [3.8, 4) is 5.75 Å². The predicted octanol–water partition coefficient (Wildman–Crippen LogP) is 4.84. The normalized spacial score (nSPS) is 10.9. The van der Waals surface area contributed by atoms with Gasteiger partial charge in [0, 0.05) is 29.2 Å². The number of hydrogen-bond donors (Lipinski definition) is 2. The number of methoxy groups -OCH3 is 1. The highest BCUT2D eigenvalue weighted by Crippen LogP contribution is 2.26. The number of nitrogens with one attached hydrogen (secondary N) is 2. The van der Waals surface area contributed by atoms with Gasteiger partial charge in [-0.1, -0.05) is 42.9 Å². The Kier molecular flexibility index (Phi) is 6.97. The molecule has 2 aromatic heterocycles. The van der Waals surface area contributed by atoms with Gasteiger partial charge in [0.05, 0.1) is 7.11 Å². The fraction of sp³-hybridized carbons (Fsp3) is 0.231. The van der Waals surface area contributed by atoms with Gasteiger partial charge in [-0.2, -0.15) is 0 Å². The van der Waals surface area contributed by atoms with Gasteiger partial charge in [0.1, 0.15) is 16.3 Å². The summed E-state index contributed by atoms with van der Waals surface area (Å²) in [6.07, 6.45) is 1.44. The average Bonchev–Trinajstić information content (AvgIpc) is 3.23. The molecular weight excluding hydrogens is 464 g/mol. The van der Waals surface area contributed by atoms with E-state index in [0.717, 1.165) is 28.9 Å². The summed E-state index contributed by atoms with van der Waals surface area (Å²) in [6.45, 7) is 5.86. The van der Waals surface area contributed by atoms with Crippen molar-refractivity contribution < 1.29 is 14.3 Å². The molecule has 0 aliphatic rings. The highest BCUT2D eigenvalue weighted by Gasteiger charge is 2.27. The number of amides is 2. The van der Waals surface area contributed by atoms with Gasteiger partial charge in [0.2, 0.25) is 0 Å². The van der Waals surface area contributed by atoms with Crippen LogP contribution in [0.3, 0.4) is 0 Å². The van der Waals surface area contributed by atoms with E-state index in [1.54, 1.807) is 30.3 Å². The number of ether oxygens (including phenoxy) is 1. The van der Waals surface area contributed by atoms with E-state index in [1.165, 1.54) is 17.6 Å². The van der Waals surface area contributed by atoms with Crippen LogP contribution in [0.4, 0.5) is 11.4 Å². The van der Waals surface area contributed by atoms with Crippen molar-refractivity contribution in [1.29, 1.82) is 0 Å². The van der Waals surface area contributed by atoms with Gasteiger partial charge < -0.3 is 15.4 Å². The summed E-state index contributed by atoms with van der Waals surface area (Å²) >= 11 is 1.02. The molecule has 0 saturated carbocycles. The molecule has 4 aromatic rings. The third-order valence-electron chi connectivity index (χ3n) is 5.68. The maximum atomic E-state index is 13.4. The van der Waals surface area contributed by atoms with Crippen LogP contribution in [0, 0.1) is 13.8 Å². The molecule has 0 radical (unpaired) electrons. The second-order valence-corrected chi connectivity index (χ2v) is 9.10. The smallest absolute Gasteiger partial charge is 0.274 e. The maximum absolute atomic E-state index is 13.4. The van der Waals surface area contributed by atoms with Crippen molar-refractivity contribution in [3.05, 3.63) is 86.3 Å². The van der Waals surface area contributed by atoms with Gasteiger partial charge in [-0.15, -0.1) is 0 Å². The average molecular weight is 491 g/mol. The molecule has 8 nitrogen and oxygen atoms in total. The molecule has 0 fully saturated rings. The molecule has 2 N–H and O–H groups in total. The molecule has 0 aliphatic carbocycles. The summed E-state index contributed by atoms with van der Waals surface area (Å²) in [5.74, 6) is -0.516. The SMILES string of the molecule is CCCc1cc(=O)n2c(C(=O)Nc3cccc(OC)c3)c(C(=O)Nc3cccc(C)c3C)sc2n1. The standard InChI is InChI=1S/C26H26N4O4S/c1-5-8-17-14-21(31)30-22(24(32)27-18-10-7-11-19(13-18)34-4)23(35-26(30)28-17)25(33)29-20-12-6-9-15(2)16(20)3/h6-7,9-14H,5,8H2,1-4H3,(H,27,32)(H,29,33). The van der Waals surface area contributed by atoms with Gasteiger partial charge in [0.15, 0.2) is 4.96 Å². The predicted molar refractivity (Wildman–Crippen MR) is 138 cm³/mol. The molecule has 0 aliphatic heterocycles. The number of carbonyl (C=O) groups excluding carboxylic acids is 2. The maximum Gasteiger partial charge on any atom is 0.274 e. The Morgan fingerprint density at radius 1 is 1.06 bits per heavy atom. The van der Waals surface area contributed by atoms with Crippen LogP contribution in [-0.4, -0.2) is 28.3 Å². The van der Waals surface area contributed by atoms with Crippen LogP contribution in [0.1, 0.15) is 50.3 Å². The molecule has 2 aromatic carbocycles. The molecule has 0 spiro atoms. The molecule has 180 valence electrons.